The van der Waals surface area contributed by atoms with E-state index in [0.29, 0.717) is 0 Å². The maximum Gasteiger partial charge on any atom is 0.139 e. The van der Waals surface area contributed by atoms with Crippen LogP contribution in [0, 0.1) is 0 Å². The normalized spacial score (nSPS) is 20.9. The van der Waals surface area contributed by atoms with Gasteiger partial charge in [0.2, 0.25) is 0 Å². The van der Waals surface area contributed by atoms with Crippen LogP contribution >= 0.6 is 0 Å². The molecule has 1 rings (SSSR count). The van der Waals surface area contributed by atoms with Crippen LogP contribution in [0.3, 0.4) is 0 Å². The number of rotatable bonds is 1. The molecule has 0 spiro atoms. The Bertz CT molecular complexity index is 306. The largest absolute Gasteiger partial charge is 0.333 e. The Morgan fingerprint density at radius 3 is 2.33 bits per heavy atom. The fourth-order valence-corrected chi connectivity index (χ4v) is 1.27. The van der Waals surface area contributed by atoms with Crippen LogP contribution in [0.2, 0.25) is 0 Å². The van der Waals surface area contributed by atoms with E-state index < -0.39 is 0 Å². The van der Waals surface area contributed by atoms with Gasteiger partial charge in [0.05, 0.1) is 0 Å². The third kappa shape index (κ3) is 3.39. The summed E-state index contributed by atoms with van der Waals surface area (Å²) in [5, 5.41) is 0. The van der Waals surface area contributed by atoms with E-state index in [1.807, 2.05) is 47.0 Å². The summed E-state index contributed by atoms with van der Waals surface area (Å²) in [4.78, 5) is 6.46. The molecule has 0 saturated carbocycles. The van der Waals surface area contributed by atoms with E-state index in [2.05, 4.69) is 29.0 Å². The summed E-state index contributed by atoms with van der Waals surface area (Å²) in [6.45, 7) is 10.1. The average Bonchev–Trinajstić information content (AvgIpc) is 2.55. The maximum atomic E-state index is 4.37. The fourth-order valence-electron chi connectivity index (χ4n) is 1.27. The lowest BCUT2D eigenvalue weighted by atomic mass is 10.2. The van der Waals surface area contributed by atoms with Crippen molar-refractivity contribution in [2.24, 2.45) is 4.99 Å². The molecule has 0 N–H and O–H groups in total. The molecule has 1 aliphatic heterocycles. The van der Waals surface area contributed by atoms with Gasteiger partial charge in [-0.25, -0.2) is 4.99 Å². The smallest absolute Gasteiger partial charge is 0.139 e. The van der Waals surface area contributed by atoms with Crippen molar-refractivity contribution in [1.82, 2.24) is 4.90 Å². The molecule has 0 saturated heterocycles. The third-order valence-corrected chi connectivity index (χ3v) is 2.13. The Morgan fingerprint density at radius 1 is 1.27 bits per heavy atom. The number of hydrogen-bond donors (Lipinski definition) is 0. The van der Waals surface area contributed by atoms with Crippen LogP contribution in [0.5, 0.6) is 0 Å². The van der Waals surface area contributed by atoms with Crippen LogP contribution < -0.4 is 0 Å². The summed E-state index contributed by atoms with van der Waals surface area (Å²) in [7, 11) is 2.03. The lowest BCUT2D eigenvalue weighted by Gasteiger charge is -2.13. The van der Waals surface area contributed by atoms with Gasteiger partial charge in [-0.1, -0.05) is 26.0 Å². The monoisotopic (exact) mass is 206 g/mol. The van der Waals surface area contributed by atoms with Crippen LogP contribution in [0.4, 0.5) is 0 Å². The van der Waals surface area contributed by atoms with Gasteiger partial charge in [-0.15, -0.1) is 0 Å². The van der Waals surface area contributed by atoms with Crippen molar-refractivity contribution < 1.29 is 0 Å². The zero-order chi connectivity index (χ0) is 11.8. The highest BCUT2D eigenvalue weighted by Crippen LogP contribution is 2.19. The zero-order valence-electron chi connectivity index (χ0n) is 10.7. The molecule has 0 fully saturated rings. The van der Waals surface area contributed by atoms with E-state index >= 15 is 0 Å². The van der Waals surface area contributed by atoms with Crippen molar-refractivity contribution in [3.8, 4) is 0 Å². The predicted molar refractivity (Wildman–Crippen MR) is 68.9 cm³/mol. The van der Waals surface area contributed by atoms with Crippen molar-refractivity contribution in [3.63, 3.8) is 0 Å². The summed E-state index contributed by atoms with van der Waals surface area (Å²) in [6, 6.07) is 0. The van der Waals surface area contributed by atoms with Gasteiger partial charge in [0.1, 0.15) is 5.84 Å². The SMILES string of the molecule is CC.C\C=C/N=C1\C(=C/C)C=C(C)N1C. The number of allylic oxidation sites excluding steroid dienone is 3. The lowest BCUT2D eigenvalue weighted by Crippen LogP contribution is -2.19. The quantitative estimate of drug-likeness (QED) is 0.638. The van der Waals surface area contributed by atoms with Gasteiger partial charge in [0, 0.05) is 24.5 Å². The molecule has 0 aromatic heterocycles. The molecule has 0 radical (unpaired) electrons. The molecular weight excluding hydrogens is 184 g/mol. The molecule has 1 heterocycles. The molecule has 1 aliphatic rings. The summed E-state index contributed by atoms with van der Waals surface area (Å²) in [5.41, 5.74) is 2.43. The van der Waals surface area contributed by atoms with Crippen molar-refractivity contribution in [1.29, 1.82) is 0 Å². The van der Waals surface area contributed by atoms with Crippen LogP contribution in [0.15, 0.2) is 40.7 Å². The second-order valence-electron chi connectivity index (χ2n) is 3.02. The molecule has 2 heteroatoms. The summed E-state index contributed by atoms with van der Waals surface area (Å²) in [5.74, 6) is 1.03. The van der Waals surface area contributed by atoms with E-state index in [1.54, 1.807) is 0 Å². The number of amidine groups is 1. The van der Waals surface area contributed by atoms with Crippen molar-refractivity contribution in [2.75, 3.05) is 7.05 Å². The minimum atomic E-state index is 1.03. The maximum absolute atomic E-state index is 4.37. The van der Waals surface area contributed by atoms with Crippen molar-refractivity contribution in [3.05, 3.63) is 35.7 Å². The Morgan fingerprint density at radius 2 is 1.87 bits per heavy atom. The molecule has 0 atom stereocenters. The van der Waals surface area contributed by atoms with Gasteiger partial charge in [0.25, 0.3) is 0 Å². The van der Waals surface area contributed by atoms with E-state index in [0.717, 1.165) is 5.84 Å². The zero-order valence-corrected chi connectivity index (χ0v) is 10.7. The summed E-state index contributed by atoms with van der Waals surface area (Å²) < 4.78 is 0. The van der Waals surface area contributed by atoms with Crippen molar-refractivity contribution in [2.45, 2.75) is 34.6 Å². The highest BCUT2D eigenvalue weighted by atomic mass is 15.2. The fraction of sp³-hybridized carbons (Fsp3) is 0.462. The van der Waals surface area contributed by atoms with E-state index in [-0.39, 0.29) is 0 Å². The van der Waals surface area contributed by atoms with Gasteiger partial charge in [-0.05, 0) is 26.8 Å². The van der Waals surface area contributed by atoms with Crippen molar-refractivity contribution >= 4 is 5.84 Å². The first kappa shape index (κ1) is 13.7. The Labute approximate surface area is 93.7 Å². The first-order valence-corrected chi connectivity index (χ1v) is 5.48. The molecule has 0 aliphatic carbocycles. The second kappa shape index (κ2) is 7.04. The van der Waals surface area contributed by atoms with E-state index in [4.69, 9.17) is 0 Å². The minimum absolute atomic E-state index is 1.03. The number of likely N-dealkylation sites (N-methyl/N-ethyl adjacent to an activating group) is 1. The lowest BCUT2D eigenvalue weighted by molar-refractivity contribution is 0.644. The molecule has 2 nitrogen and oxygen atoms in total. The number of nitrogens with zero attached hydrogens (tertiary/aromatic N) is 2. The number of hydrogen-bond acceptors (Lipinski definition) is 1. The predicted octanol–water partition coefficient (Wildman–Crippen LogP) is 3.74. The second-order valence-corrected chi connectivity index (χ2v) is 3.02. The molecule has 0 aromatic rings. The molecule has 0 amide bonds. The van der Waals surface area contributed by atoms with Gasteiger partial charge in [0.15, 0.2) is 0 Å². The van der Waals surface area contributed by atoms with Crippen LogP contribution in [-0.2, 0) is 0 Å². The van der Waals surface area contributed by atoms with Crippen LogP contribution in [-0.4, -0.2) is 17.8 Å². The number of aliphatic imine (C=N–C) groups is 1. The first-order valence-electron chi connectivity index (χ1n) is 5.48. The Hall–Kier alpha value is -1.31. The van der Waals surface area contributed by atoms with Crippen LogP contribution in [0.25, 0.3) is 0 Å². The van der Waals surface area contributed by atoms with Gasteiger partial charge < -0.3 is 4.90 Å². The summed E-state index contributed by atoms with van der Waals surface area (Å²) >= 11 is 0. The van der Waals surface area contributed by atoms with E-state index in [1.165, 1.54) is 11.3 Å². The van der Waals surface area contributed by atoms with Gasteiger partial charge in [-0.3, -0.25) is 0 Å². The highest BCUT2D eigenvalue weighted by Gasteiger charge is 2.17. The highest BCUT2D eigenvalue weighted by molar-refractivity contribution is 6.04. The molecule has 84 valence electrons. The van der Waals surface area contributed by atoms with Gasteiger partial charge in [-0.2, -0.15) is 0 Å². The minimum Gasteiger partial charge on any atom is -0.333 e. The molecule has 0 unspecified atom stereocenters. The summed E-state index contributed by atoms with van der Waals surface area (Å²) in [6.07, 6.45) is 7.97. The molecule has 0 aromatic carbocycles. The topological polar surface area (TPSA) is 15.6 Å². The third-order valence-electron chi connectivity index (χ3n) is 2.13. The first-order chi connectivity index (χ1) is 7.20. The molecule has 15 heavy (non-hydrogen) atoms. The van der Waals surface area contributed by atoms with E-state index in [9.17, 15) is 0 Å². The van der Waals surface area contributed by atoms with Gasteiger partial charge >= 0.3 is 0 Å². The van der Waals surface area contributed by atoms with Crippen LogP contribution in [0.1, 0.15) is 34.6 Å². The standard InChI is InChI=1S/C11H16N2.C2H6/c1-5-7-12-11-10(6-2)8-9(3)13(11)4;1-2/h5-8H,1-4H3;1-2H3/b7-5-,10-6-,12-11+;. The molecule has 0 bridgehead atoms. The average molecular weight is 206 g/mol. The Balaban J connectivity index is 0.000000921. The molecular formula is C13H22N2. The Kier molecular flexibility index (Phi) is 6.43.